The lowest BCUT2D eigenvalue weighted by molar-refractivity contribution is -0.0269. The van der Waals surface area contributed by atoms with Crippen molar-refractivity contribution >= 4 is 0 Å². The minimum atomic E-state index is -0.346. The number of benzene rings is 1. The lowest BCUT2D eigenvalue weighted by Gasteiger charge is -2.34. The lowest BCUT2D eigenvalue weighted by Crippen LogP contribution is -2.42. The summed E-state index contributed by atoms with van der Waals surface area (Å²) in [5.41, 5.74) is 0.825. The van der Waals surface area contributed by atoms with Crippen molar-refractivity contribution in [2.75, 3.05) is 26.8 Å². The quantitative estimate of drug-likeness (QED) is 0.898. The second-order valence-electron chi connectivity index (χ2n) is 4.64. The van der Waals surface area contributed by atoms with Gasteiger partial charge in [-0.1, -0.05) is 6.07 Å². The van der Waals surface area contributed by atoms with Crippen molar-refractivity contribution in [3.63, 3.8) is 0 Å². The monoisotopic (exact) mass is 262 g/mol. The summed E-state index contributed by atoms with van der Waals surface area (Å²) in [6, 6.07) is 6.99. The van der Waals surface area contributed by atoms with Gasteiger partial charge in [0.25, 0.3) is 0 Å². The van der Waals surface area contributed by atoms with Gasteiger partial charge in [0.15, 0.2) is 11.5 Å². The first-order valence-electron chi connectivity index (χ1n) is 6.28. The van der Waals surface area contributed by atoms with Gasteiger partial charge in [-0.15, -0.1) is 0 Å². The molecule has 0 unspecified atom stereocenters. The summed E-state index contributed by atoms with van der Waals surface area (Å²) in [6.07, 6.45) is 0.128. The van der Waals surface area contributed by atoms with Crippen LogP contribution in [0.4, 0.5) is 0 Å². The number of methoxy groups -OCH3 is 1. The Hall–Kier alpha value is -1.77. The molecular formula is C14H18N2O3. The highest BCUT2D eigenvalue weighted by molar-refractivity contribution is 5.43. The first-order chi connectivity index (χ1) is 9.15. The van der Waals surface area contributed by atoms with E-state index >= 15 is 0 Å². The molecule has 2 rings (SSSR count). The fourth-order valence-electron chi connectivity index (χ4n) is 2.31. The van der Waals surface area contributed by atoms with Crippen LogP contribution >= 0.6 is 0 Å². The van der Waals surface area contributed by atoms with Crippen LogP contribution in [0.1, 0.15) is 18.5 Å². The zero-order valence-corrected chi connectivity index (χ0v) is 11.2. The second kappa shape index (κ2) is 5.91. The smallest absolute Gasteiger partial charge is 0.160 e. The van der Waals surface area contributed by atoms with E-state index in [0.717, 1.165) is 18.7 Å². The Morgan fingerprint density at radius 3 is 3.00 bits per heavy atom. The molecule has 19 heavy (non-hydrogen) atoms. The van der Waals surface area contributed by atoms with E-state index in [1.807, 2.05) is 6.92 Å². The first kappa shape index (κ1) is 13.7. The highest BCUT2D eigenvalue weighted by Gasteiger charge is 2.26. The number of ether oxygens (including phenoxy) is 2. The van der Waals surface area contributed by atoms with Gasteiger partial charge in [-0.05, 0) is 24.6 Å². The molecule has 0 amide bonds. The molecule has 1 aliphatic heterocycles. The number of phenolic OH excluding ortho intramolecular Hbond substituents is 1. The number of phenols is 1. The third kappa shape index (κ3) is 2.98. The molecule has 1 aromatic rings. The Kier molecular flexibility index (Phi) is 4.25. The Morgan fingerprint density at radius 1 is 1.58 bits per heavy atom. The minimum absolute atomic E-state index is 0.0817. The van der Waals surface area contributed by atoms with E-state index in [2.05, 4.69) is 11.0 Å². The van der Waals surface area contributed by atoms with Gasteiger partial charge in [0.2, 0.25) is 0 Å². The van der Waals surface area contributed by atoms with Crippen LogP contribution in [0.2, 0.25) is 0 Å². The molecule has 1 fully saturated rings. The van der Waals surface area contributed by atoms with Gasteiger partial charge in [-0.3, -0.25) is 4.90 Å². The van der Waals surface area contributed by atoms with E-state index in [1.165, 1.54) is 7.11 Å². The van der Waals surface area contributed by atoms with Crippen LogP contribution in [0.25, 0.3) is 0 Å². The normalized spacial score (nSPS) is 21.6. The standard InChI is InChI=1S/C14H18N2O3/c1-10-9-16(5-6-19-10)12(8-15)11-3-4-13(17)14(7-11)18-2/h3-4,7,10,12,17H,5-6,9H2,1-2H3/t10-,12+/m1/s1. The van der Waals surface area contributed by atoms with E-state index in [0.29, 0.717) is 12.4 Å². The molecule has 0 aliphatic carbocycles. The maximum Gasteiger partial charge on any atom is 0.160 e. The molecule has 1 saturated heterocycles. The predicted molar refractivity (Wildman–Crippen MR) is 70.0 cm³/mol. The number of rotatable bonds is 3. The highest BCUT2D eigenvalue weighted by atomic mass is 16.5. The molecule has 0 spiro atoms. The largest absolute Gasteiger partial charge is 0.504 e. The van der Waals surface area contributed by atoms with Crippen molar-refractivity contribution in [2.45, 2.75) is 19.1 Å². The predicted octanol–water partition coefficient (Wildman–Crippen LogP) is 1.69. The number of morpholine rings is 1. The van der Waals surface area contributed by atoms with Crippen LogP contribution in [0.15, 0.2) is 18.2 Å². The molecule has 5 heteroatoms. The SMILES string of the molecule is COc1cc([C@H](C#N)N2CCO[C@H](C)C2)ccc1O. The number of nitriles is 1. The summed E-state index contributed by atoms with van der Waals surface area (Å²) in [5.74, 6) is 0.470. The number of hydrogen-bond acceptors (Lipinski definition) is 5. The molecule has 1 aromatic carbocycles. The van der Waals surface area contributed by atoms with Gasteiger partial charge in [-0.25, -0.2) is 0 Å². The van der Waals surface area contributed by atoms with Crippen molar-refractivity contribution in [1.29, 1.82) is 5.26 Å². The van der Waals surface area contributed by atoms with Crippen LogP contribution in [-0.2, 0) is 4.74 Å². The van der Waals surface area contributed by atoms with Crippen molar-refractivity contribution in [3.8, 4) is 17.6 Å². The maximum atomic E-state index is 9.60. The zero-order chi connectivity index (χ0) is 13.8. The van der Waals surface area contributed by atoms with Crippen molar-refractivity contribution < 1.29 is 14.6 Å². The zero-order valence-electron chi connectivity index (χ0n) is 11.2. The molecule has 1 heterocycles. The third-order valence-corrected chi connectivity index (χ3v) is 3.28. The van der Waals surface area contributed by atoms with E-state index in [-0.39, 0.29) is 17.9 Å². The molecule has 0 bridgehead atoms. The molecule has 2 atom stereocenters. The summed E-state index contributed by atoms with van der Waals surface area (Å²) < 4.78 is 10.6. The summed E-state index contributed by atoms with van der Waals surface area (Å²) >= 11 is 0. The molecule has 0 saturated carbocycles. The molecule has 1 aliphatic rings. The van der Waals surface area contributed by atoms with Crippen LogP contribution in [0.5, 0.6) is 11.5 Å². The summed E-state index contributed by atoms with van der Waals surface area (Å²) in [7, 11) is 1.50. The summed E-state index contributed by atoms with van der Waals surface area (Å²) in [6.45, 7) is 4.08. The Balaban J connectivity index is 2.24. The van der Waals surface area contributed by atoms with Gasteiger partial charge in [-0.2, -0.15) is 5.26 Å². The first-order valence-corrected chi connectivity index (χ1v) is 6.28. The van der Waals surface area contributed by atoms with Gasteiger partial charge < -0.3 is 14.6 Å². The van der Waals surface area contributed by atoms with Crippen LogP contribution in [0, 0.1) is 11.3 Å². The van der Waals surface area contributed by atoms with E-state index in [4.69, 9.17) is 9.47 Å². The van der Waals surface area contributed by atoms with Crippen LogP contribution in [-0.4, -0.2) is 42.9 Å². The number of aromatic hydroxyl groups is 1. The third-order valence-electron chi connectivity index (χ3n) is 3.28. The van der Waals surface area contributed by atoms with Crippen molar-refractivity contribution in [2.24, 2.45) is 0 Å². The number of hydrogen-bond donors (Lipinski definition) is 1. The van der Waals surface area contributed by atoms with Gasteiger partial charge >= 0.3 is 0 Å². The summed E-state index contributed by atoms with van der Waals surface area (Å²) in [4.78, 5) is 2.08. The van der Waals surface area contributed by atoms with Crippen molar-refractivity contribution in [1.82, 2.24) is 4.90 Å². The minimum Gasteiger partial charge on any atom is -0.504 e. The number of nitrogens with zero attached hydrogens (tertiary/aromatic N) is 2. The molecule has 1 N–H and O–H groups in total. The Morgan fingerprint density at radius 2 is 2.37 bits per heavy atom. The van der Waals surface area contributed by atoms with Crippen LogP contribution < -0.4 is 4.74 Å². The molecule has 0 radical (unpaired) electrons. The van der Waals surface area contributed by atoms with Gasteiger partial charge in [0.05, 0.1) is 25.9 Å². The molecule has 5 nitrogen and oxygen atoms in total. The maximum absolute atomic E-state index is 9.60. The van der Waals surface area contributed by atoms with Crippen LogP contribution in [0.3, 0.4) is 0 Å². The van der Waals surface area contributed by atoms with Gasteiger partial charge in [0.1, 0.15) is 6.04 Å². The van der Waals surface area contributed by atoms with E-state index in [9.17, 15) is 10.4 Å². The fraction of sp³-hybridized carbons (Fsp3) is 0.500. The van der Waals surface area contributed by atoms with Gasteiger partial charge in [0, 0.05) is 13.1 Å². The highest BCUT2D eigenvalue weighted by Crippen LogP contribution is 2.31. The fourth-order valence-corrected chi connectivity index (χ4v) is 2.31. The molecule has 102 valence electrons. The molecule has 0 aromatic heterocycles. The topological polar surface area (TPSA) is 65.7 Å². The molecular weight excluding hydrogens is 244 g/mol. The average molecular weight is 262 g/mol. The Labute approximate surface area is 113 Å². The van der Waals surface area contributed by atoms with E-state index < -0.39 is 0 Å². The Bertz CT molecular complexity index is 484. The average Bonchev–Trinajstić information content (AvgIpc) is 2.41. The second-order valence-corrected chi connectivity index (χ2v) is 4.64. The van der Waals surface area contributed by atoms with E-state index in [1.54, 1.807) is 18.2 Å². The lowest BCUT2D eigenvalue weighted by atomic mass is 10.0. The summed E-state index contributed by atoms with van der Waals surface area (Å²) in [5, 5.41) is 19.0. The van der Waals surface area contributed by atoms with Crippen molar-refractivity contribution in [3.05, 3.63) is 23.8 Å².